The first kappa shape index (κ1) is 19.7. The van der Waals surface area contributed by atoms with E-state index in [9.17, 15) is 18.0 Å². The zero-order valence-electron chi connectivity index (χ0n) is 14.9. The highest BCUT2D eigenvalue weighted by Gasteiger charge is 2.36. The van der Waals surface area contributed by atoms with Gasteiger partial charge in [0, 0.05) is 5.56 Å². The Morgan fingerprint density at radius 3 is 2.48 bits per heavy atom. The summed E-state index contributed by atoms with van der Waals surface area (Å²) in [5, 5.41) is 0.257. The van der Waals surface area contributed by atoms with Gasteiger partial charge in [-0.3, -0.25) is 4.79 Å². The summed E-state index contributed by atoms with van der Waals surface area (Å²) in [6.45, 7) is 1.71. The number of alkyl halides is 3. The van der Waals surface area contributed by atoms with Crippen LogP contribution >= 0.6 is 11.6 Å². The first-order valence-corrected chi connectivity index (χ1v) is 9.25. The van der Waals surface area contributed by atoms with Crippen LogP contribution in [0.1, 0.15) is 64.2 Å². The number of rotatable bonds is 5. The molecule has 27 heavy (non-hydrogen) atoms. The van der Waals surface area contributed by atoms with E-state index in [1.54, 1.807) is 25.1 Å². The highest BCUT2D eigenvalue weighted by Crippen LogP contribution is 2.42. The van der Waals surface area contributed by atoms with E-state index in [1.807, 2.05) is 0 Å². The van der Waals surface area contributed by atoms with Crippen molar-refractivity contribution >= 4 is 17.9 Å². The lowest BCUT2D eigenvalue weighted by Gasteiger charge is -2.19. The number of ether oxygens (including phenoxy) is 1. The second kappa shape index (κ2) is 7.93. The first-order valence-electron chi connectivity index (χ1n) is 8.87. The average Bonchev–Trinajstić information content (AvgIpc) is 3.13. The smallest absolute Gasteiger partial charge is 0.416 e. The lowest BCUT2D eigenvalue weighted by atomic mass is 9.91. The molecule has 2 aromatic rings. The predicted molar refractivity (Wildman–Crippen MR) is 98.6 cm³/mol. The molecule has 1 aliphatic rings. The Morgan fingerprint density at radius 1 is 1.19 bits per heavy atom. The molecule has 0 aromatic heterocycles. The van der Waals surface area contributed by atoms with E-state index >= 15 is 0 Å². The van der Waals surface area contributed by atoms with Crippen LogP contribution < -0.4 is 4.74 Å². The van der Waals surface area contributed by atoms with Gasteiger partial charge in [-0.2, -0.15) is 13.2 Å². The minimum atomic E-state index is -4.39. The van der Waals surface area contributed by atoms with Crippen molar-refractivity contribution in [2.24, 2.45) is 0 Å². The Balaban J connectivity index is 1.82. The summed E-state index contributed by atoms with van der Waals surface area (Å²) in [7, 11) is 0. The summed E-state index contributed by atoms with van der Waals surface area (Å²) < 4.78 is 46.2. The quantitative estimate of drug-likeness (QED) is 0.524. The second-order valence-corrected chi connectivity index (χ2v) is 7.35. The molecule has 1 fully saturated rings. The molecule has 6 heteroatoms. The van der Waals surface area contributed by atoms with Crippen LogP contribution in [0.2, 0.25) is 5.02 Å². The van der Waals surface area contributed by atoms with Gasteiger partial charge in [0.15, 0.2) is 6.29 Å². The number of hydrogen-bond donors (Lipinski definition) is 0. The van der Waals surface area contributed by atoms with Gasteiger partial charge in [0.25, 0.3) is 0 Å². The van der Waals surface area contributed by atoms with E-state index in [1.165, 1.54) is 12.1 Å². The molecule has 0 unspecified atom stereocenters. The first-order chi connectivity index (χ1) is 12.8. The summed E-state index contributed by atoms with van der Waals surface area (Å²) in [5.41, 5.74) is 1.29. The molecule has 0 aliphatic heterocycles. The van der Waals surface area contributed by atoms with Gasteiger partial charge in [0.2, 0.25) is 0 Å². The molecule has 0 saturated heterocycles. The number of benzene rings is 2. The maximum absolute atomic E-state index is 13.5. The van der Waals surface area contributed by atoms with Crippen LogP contribution in [0.25, 0.3) is 0 Å². The molecule has 1 saturated carbocycles. The van der Waals surface area contributed by atoms with Gasteiger partial charge in [0.05, 0.1) is 10.6 Å². The standard InChI is InChI=1S/C21H20ClF3O2/c1-13-8-16(10-20(22)18(13)11-26)27-12-14-6-7-17(15-4-2-3-5-15)19(9-14)21(23,24)25/h6-11,15H,2-5,12H2,1H3. The maximum atomic E-state index is 13.5. The van der Waals surface area contributed by atoms with Crippen molar-refractivity contribution in [2.45, 2.75) is 51.3 Å². The van der Waals surface area contributed by atoms with Crippen LogP contribution in [0.3, 0.4) is 0 Å². The third kappa shape index (κ3) is 4.46. The summed E-state index contributed by atoms with van der Waals surface area (Å²) in [6, 6.07) is 7.60. The van der Waals surface area contributed by atoms with E-state index < -0.39 is 11.7 Å². The monoisotopic (exact) mass is 396 g/mol. The summed E-state index contributed by atoms with van der Waals surface area (Å²) in [5.74, 6) is 0.394. The molecule has 0 radical (unpaired) electrons. The van der Waals surface area contributed by atoms with Gasteiger partial charge in [-0.05, 0) is 60.6 Å². The molecular weight excluding hydrogens is 377 g/mol. The number of aryl methyl sites for hydroxylation is 1. The topological polar surface area (TPSA) is 26.3 Å². The van der Waals surface area contributed by atoms with Crippen molar-refractivity contribution in [3.05, 3.63) is 63.2 Å². The van der Waals surface area contributed by atoms with Crippen molar-refractivity contribution in [1.82, 2.24) is 0 Å². The molecule has 144 valence electrons. The third-order valence-electron chi connectivity index (χ3n) is 5.05. The van der Waals surface area contributed by atoms with Crippen molar-refractivity contribution < 1.29 is 22.7 Å². The van der Waals surface area contributed by atoms with Crippen molar-refractivity contribution in [3.8, 4) is 5.75 Å². The molecule has 0 bridgehead atoms. The summed E-state index contributed by atoms with van der Waals surface area (Å²) >= 11 is 6.04. The number of hydrogen-bond acceptors (Lipinski definition) is 2. The highest BCUT2D eigenvalue weighted by atomic mass is 35.5. The molecule has 0 spiro atoms. The van der Waals surface area contributed by atoms with Gasteiger partial charge in [-0.15, -0.1) is 0 Å². The number of carbonyl (C=O) groups is 1. The zero-order chi connectivity index (χ0) is 19.6. The van der Waals surface area contributed by atoms with E-state index in [0.717, 1.165) is 25.7 Å². The average molecular weight is 397 g/mol. The summed E-state index contributed by atoms with van der Waals surface area (Å²) in [4.78, 5) is 11.0. The number of halogens is 4. The van der Waals surface area contributed by atoms with E-state index in [4.69, 9.17) is 16.3 Å². The predicted octanol–water partition coefficient (Wildman–Crippen LogP) is 6.72. The van der Waals surface area contributed by atoms with Crippen LogP contribution in [-0.4, -0.2) is 6.29 Å². The van der Waals surface area contributed by atoms with Gasteiger partial charge in [-0.1, -0.05) is 36.6 Å². The SMILES string of the molecule is Cc1cc(OCc2ccc(C3CCCC3)c(C(F)(F)F)c2)cc(Cl)c1C=O. The van der Waals surface area contributed by atoms with E-state index in [2.05, 4.69) is 0 Å². The Bertz CT molecular complexity index is 817. The van der Waals surface area contributed by atoms with Gasteiger partial charge >= 0.3 is 6.18 Å². The molecule has 2 nitrogen and oxygen atoms in total. The third-order valence-corrected chi connectivity index (χ3v) is 5.36. The minimum absolute atomic E-state index is 0.00969. The van der Waals surface area contributed by atoms with Crippen LogP contribution in [0.15, 0.2) is 30.3 Å². The lowest BCUT2D eigenvalue weighted by Crippen LogP contribution is -2.12. The Kier molecular flexibility index (Phi) is 5.80. The van der Waals surface area contributed by atoms with E-state index in [-0.39, 0.29) is 17.5 Å². The second-order valence-electron chi connectivity index (χ2n) is 6.94. The Labute approximate surface area is 161 Å². The lowest BCUT2D eigenvalue weighted by molar-refractivity contribution is -0.138. The van der Waals surface area contributed by atoms with Crippen LogP contribution in [0.5, 0.6) is 5.75 Å². The van der Waals surface area contributed by atoms with Crippen molar-refractivity contribution in [3.63, 3.8) is 0 Å². The Hall–Kier alpha value is -2.01. The largest absolute Gasteiger partial charge is 0.489 e. The molecule has 0 amide bonds. The normalized spacial score (nSPS) is 15.1. The van der Waals surface area contributed by atoms with Crippen LogP contribution in [0, 0.1) is 6.92 Å². The Morgan fingerprint density at radius 2 is 1.89 bits per heavy atom. The van der Waals surface area contributed by atoms with Crippen molar-refractivity contribution in [1.29, 1.82) is 0 Å². The van der Waals surface area contributed by atoms with Crippen LogP contribution in [0.4, 0.5) is 13.2 Å². The fourth-order valence-corrected chi connectivity index (χ4v) is 3.96. The van der Waals surface area contributed by atoms with Crippen molar-refractivity contribution in [2.75, 3.05) is 0 Å². The van der Waals surface area contributed by atoms with Gasteiger partial charge < -0.3 is 4.74 Å². The maximum Gasteiger partial charge on any atom is 0.416 e. The minimum Gasteiger partial charge on any atom is -0.489 e. The molecule has 0 heterocycles. The van der Waals surface area contributed by atoms with E-state index in [0.29, 0.717) is 34.3 Å². The molecule has 0 N–H and O–H groups in total. The van der Waals surface area contributed by atoms with Gasteiger partial charge in [-0.25, -0.2) is 0 Å². The molecule has 0 atom stereocenters. The highest BCUT2D eigenvalue weighted by molar-refractivity contribution is 6.33. The number of carbonyl (C=O) groups excluding carboxylic acids is 1. The fourth-order valence-electron chi connectivity index (χ4n) is 3.65. The number of aldehydes is 1. The molecular formula is C21H20ClF3O2. The fraction of sp³-hybridized carbons (Fsp3) is 0.381. The van der Waals surface area contributed by atoms with Crippen LogP contribution in [-0.2, 0) is 12.8 Å². The van der Waals surface area contributed by atoms with Gasteiger partial charge in [0.1, 0.15) is 12.4 Å². The molecule has 1 aliphatic carbocycles. The molecule has 3 rings (SSSR count). The summed E-state index contributed by atoms with van der Waals surface area (Å²) in [6.07, 6.45) is -0.161. The molecule has 2 aromatic carbocycles. The zero-order valence-corrected chi connectivity index (χ0v) is 15.7.